The summed E-state index contributed by atoms with van der Waals surface area (Å²) >= 11 is 1.50. The van der Waals surface area contributed by atoms with Crippen molar-refractivity contribution in [3.63, 3.8) is 0 Å². The molecule has 0 saturated heterocycles. The zero-order chi connectivity index (χ0) is 18.7. The van der Waals surface area contributed by atoms with E-state index in [1.165, 1.54) is 11.8 Å². The van der Waals surface area contributed by atoms with E-state index < -0.39 is 0 Å². The van der Waals surface area contributed by atoms with Gasteiger partial charge in [-0.15, -0.1) is 11.8 Å². The molecule has 6 heteroatoms. The van der Waals surface area contributed by atoms with Crippen LogP contribution in [0.15, 0.2) is 47.4 Å². The first-order chi connectivity index (χ1) is 12.4. The topological polar surface area (TPSA) is 58.6 Å². The van der Waals surface area contributed by atoms with Crippen LogP contribution in [0, 0.1) is 6.92 Å². The van der Waals surface area contributed by atoms with Gasteiger partial charge in [-0.25, -0.2) is 0 Å². The van der Waals surface area contributed by atoms with Gasteiger partial charge >= 0.3 is 0 Å². The minimum Gasteiger partial charge on any atom is -0.491 e. The van der Waals surface area contributed by atoms with Gasteiger partial charge in [-0.1, -0.05) is 12.1 Å². The minimum atomic E-state index is -0.222. The molecular weight excluding hydrogens is 348 g/mol. The molecule has 1 heterocycles. The summed E-state index contributed by atoms with van der Waals surface area (Å²) in [4.78, 5) is 27.3. The normalized spacial score (nSPS) is 13.5. The van der Waals surface area contributed by atoms with E-state index in [-0.39, 0.29) is 24.5 Å². The van der Waals surface area contributed by atoms with Gasteiger partial charge in [0.05, 0.1) is 17.5 Å². The smallest absolute Gasteiger partial charge is 0.244 e. The van der Waals surface area contributed by atoms with Gasteiger partial charge in [0.1, 0.15) is 12.3 Å². The van der Waals surface area contributed by atoms with Gasteiger partial charge in [-0.2, -0.15) is 0 Å². The number of para-hydroxylation sites is 1. The molecule has 0 radical (unpaired) electrons. The fourth-order valence-corrected chi connectivity index (χ4v) is 3.72. The standard InChI is InChI=1S/C20H22N2O3S/c1-13(2)25-15-8-9-16(14(3)10-15)21-19(23)11-22-17-6-4-5-7-18(17)26-12-20(22)24/h4-10,13H,11-12H2,1-3H3,(H,21,23). The molecule has 0 unspecified atom stereocenters. The Balaban J connectivity index is 1.70. The summed E-state index contributed by atoms with van der Waals surface area (Å²) in [6, 6.07) is 13.2. The van der Waals surface area contributed by atoms with Crippen molar-refractivity contribution in [1.29, 1.82) is 0 Å². The molecule has 26 heavy (non-hydrogen) atoms. The molecule has 1 aliphatic heterocycles. The minimum absolute atomic E-state index is 0.0000914. The van der Waals surface area contributed by atoms with Crippen LogP contribution in [-0.2, 0) is 9.59 Å². The van der Waals surface area contributed by atoms with Crippen LogP contribution in [0.1, 0.15) is 19.4 Å². The number of amides is 2. The number of carbonyl (C=O) groups excluding carboxylic acids is 2. The Morgan fingerprint density at radius 3 is 2.77 bits per heavy atom. The van der Waals surface area contributed by atoms with Crippen molar-refractivity contribution in [2.24, 2.45) is 0 Å². The molecule has 0 fully saturated rings. The molecule has 2 aromatic rings. The fourth-order valence-electron chi connectivity index (χ4n) is 2.78. The molecule has 3 rings (SSSR count). The summed E-state index contributed by atoms with van der Waals surface area (Å²) in [6.07, 6.45) is 0.0953. The Labute approximate surface area is 157 Å². The van der Waals surface area contributed by atoms with Gasteiger partial charge in [0.15, 0.2) is 0 Å². The summed E-state index contributed by atoms with van der Waals surface area (Å²) in [7, 11) is 0. The second-order valence-corrected chi connectivity index (χ2v) is 7.44. The molecule has 0 spiro atoms. The lowest BCUT2D eigenvalue weighted by atomic mass is 10.2. The van der Waals surface area contributed by atoms with E-state index in [4.69, 9.17) is 4.74 Å². The fraction of sp³-hybridized carbons (Fsp3) is 0.300. The van der Waals surface area contributed by atoms with Gasteiger partial charge in [0.25, 0.3) is 0 Å². The number of carbonyl (C=O) groups is 2. The van der Waals surface area contributed by atoms with E-state index in [2.05, 4.69) is 5.32 Å². The summed E-state index contributed by atoms with van der Waals surface area (Å²) in [5, 5.41) is 2.89. The molecule has 0 aliphatic carbocycles. The van der Waals surface area contributed by atoms with Crippen LogP contribution in [0.25, 0.3) is 0 Å². The number of fused-ring (bicyclic) bond motifs is 1. The van der Waals surface area contributed by atoms with Crippen LogP contribution in [0.2, 0.25) is 0 Å². The highest BCUT2D eigenvalue weighted by Crippen LogP contribution is 2.34. The van der Waals surface area contributed by atoms with Gasteiger partial charge in [-0.05, 0) is 56.7 Å². The highest BCUT2D eigenvalue weighted by Gasteiger charge is 2.26. The Morgan fingerprint density at radius 1 is 1.27 bits per heavy atom. The molecule has 2 amide bonds. The zero-order valence-corrected chi connectivity index (χ0v) is 15.9. The Bertz CT molecular complexity index is 836. The first-order valence-corrected chi connectivity index (χ1v) is 9.52. The number of anilines is 2. The van der Waals surface area contributed by atoms with Gasteiger partial charge in [0.2, 0.25) is 11.8 Å². The lowest BCUT2D eigenvalue weighted by Gasteiger charge is -2.28. The van der Waals surface area contributed by atoms with Crippen LogP contribution >= 0.6 is 11.8 Å². The molecule has 5 nitrogen and oxygen atoms in total. The number of thioether (sulfide) groups is 1. The summed E-state index contributed by atoms with van der Waals surface area (Å²) in [5.74, 6) is 0.847. The van der Waals surface area contributed by atoms with Crippen molar-refractivity contribution >= 4 is 35.0 Å². The van der Waals surface area contributed by atoms with Crippen LogP contribution < -0.4 is 15.0 Å². The van der Waals surface area contributed by atoms with E-state index in [9.17, 15) is 9.59 Å². The van der Waals surface area contributed by atoms with Crippen molar-refractivity contribution in [2.45, 2.75) is 31.8 Å². The number of hydrogen-bond donors (Lipinski definition) is 1. The molecule has 0 saturated carbocycles. The van der Waals surface area contributed by atoms with Crippen molar-refractivity contribution in [3.8, 4) is 5.75 Å². The second-order valence-electron chi connectivity index (χ2n) is 6.43. The highest BCUT2D eigenvalue weighted by molar-refractivity contribution is 8.00. The lowest BCUT2D eigenvalue weighted by Crippen LogP contribution is -2.41. The molecule has 136 valence electrons. The predicted octanol–water partition coefficient (Wildman–Crippen LogP) is 3.86. The van der Waals surface area contributed by atoms with Crippen molar-refractivity contribution < 1.29 is 14.3 Å². The molecule has 0 atom stereocenters. The first kappa shape index (κ1) is 18.3. The maximum atomic E-state index is 12.5. The van der Waals surface area contributed by atoms with Crippen molar-refractivity contribution in [2.75, 3.05) is 22.5 Å². The molecular formula is C20H22N2O3S. The molecule has 1 N–H and O–H groups in total. The third kappa shape index (κ3) is 4.19. The predicted molar refractivity (Wildman–Crippen MR) is 105 cm³/mol. The Hall–Kier alpha value is -2.47. The summed E-state index contributed by atoms with van der Waals surface area (Å²) in [5.41, 5.74) is 2.43. The number of aryl methyl sites for hydroxylation is 1. The maximum absolute atomic E-state index is 12.5. The van der Waals surface area contributed by atoms with E-state index in [0.29, 0.717) is 5.75 Å². The second kappa shape index (κ2) is 7.83. The van der Waals surface area contributed by atoms with Crippen molar-refractivity contribution in [1.82, 2.24) is 0 Å². The highest BCUT2D eigenvalue weighted by atomic mass is 32.2. The van der Waals surface area contributed by atoms with Gasteiger partial charge < -0.3 is 15.0 Å². The maximum Gasteiger partial charge on any atom is 0.244 e. The summed E-state index contributed by atoms with van der Waals surface area (Å²) < 4.78 is 5.66. The Kier molecular flexibility index (Phi) is 5.52. The van der Waals surface area contributed by atoms with E-state index in [1.807, 2.05) is 63.2 Å². The van der Waals surface area contributed by atoms with E-state index >= 15 is 0 Å². The molecule has 0 bridgehead atoms. The zero-order valence-electron chi connectivity index (χ0n) is 15.1. The van der Waals surface area contributed by atoms with Crippen molar-refractivity contribution in [3.05, 3.63) is 48.0 Å². The average Bonchev–Trinajstić information content (AvgIpc) is 2.59. The molecule has 2 aromatic carbocycles. The largest absolute Gasteiger partial charge is 0.491 e. The summed E-state index contributed by atoms with van der Waals surface area (Å²) in [6.45, 7) is 5.86. The number of nitrogens with one attached hydrogen (secondary N) is 1. The van der Waals surface area contributed by atoms with E-state index in [1.54, 1.807) is 4.90 Å². The monoisotopic (exact) mass is 370 g/mol. The number of ether oxygens (including phenoxy) is 1. The molecule has 0 aromatic heterocycles. The quantitative estimate of drug-likeness (QED) is 0.868. The number of benzene rings is 2. The van der Waals surface area contributed by atoms with E-state index in [0.717, 1.165) is 27.6 Å². The number of rotatable bonds is 5. The SMILES string of the molecule is Cc1cc(OC(C)C)ccc1NC(=O)CN1C(=O)CSc2ccccc21. The van der Waals surface area contributed by atoms with Gasteiger partial charge in [-0.3, -0.25) is 9.59 Å². The van der Waals surface area contributed by atoms with Gasteiger partial charge in [0, 0.05) is 10.6 Å². The molecule has 1 aliphatic rings. The van der Waals surface area contributed by atoms with Crippen LogP contribution in [-0.4, -0.2) is 30.2 Å². The average molecular weight is 370 g/mol. The van der Waals surface area contributed by atoms with Crippen LogP contribution in [0.3, 0.4) is 0 Å². The Morgan fingerprint density at radius 2 is 2.04 bits per heavy atom. The third-order valence-electron chi connectivity index (χ3n) is 3.95. The van der Waals surface area contributed by atoms with Crippen LogP contribution in [0.5, 0.6) is 5.75 Å². The van der Waals surface area contributed by atoms with Crippen LogP contribution in [0.4, 0.5) is 11.4 Å². The lowest BCUT2D eigenvalue weighted by molar-refractivity contribution is -0.120. The first-order valence-electron chi connectivity index (χ1n) is 8.53. The third-order valence-corrected chi connectivity index (χ3v) is 5.00. The number of nitrogens with zero attached hydrogens (tertiary/aromatic N) is 1. The number of hydrogen-bond acceptors (Lipinski definition) is 4.